The van der Waals surface area contributed by atoms with Crippen LogP contribution in [0, 0.1) is 0 Å². The molecule has 0 saturated heterocycles. The molecule has 5 nitrogen and oxygen atoms in total. The quantitative estimate of drug-likeness (QED) is 0.579. The van der Waals surface area contributed by atoms with Gasteiger partial charge in [0.25, 0.3) is 5.56 Å². The van der Waals surface area contributed by atoms with Gasteiger partial charge in [-0.25, -0.2) is 4.68 Å². The summed E-state index contributed by atoms with van der Waals surface area (Å²) in [7, 11) is 0. The van der Waals surface area contributed by atoms with Crippen molar-refractivity contribution in [1.29, 1.82) is 0 Å². The van der Waals surface area contributed by atoms with Gasteiger partial charge in [-0.05, 0) is 30.3 Å². The van der Waals surface area contributed by atoms with Gasteiger partial charge in [0.05, 0.1) is 22.1 Å². The van der Waals surface area contributed by atoms with Crippen molar-refractivity contribution in [3.8, 4) is 5.69 Å². The van der Waals surface area contributed by atoms with Crippen molar-refractivity contribution in [2.45, 2.75) is 0 Å². The number of hydrogen-bond donors (Lipinski definition) is 1. The molecule has 0 amide bonds. The zero-order chi connectivity index (χ0) is 14.4. The first-order valence-electron chi connectivity index (χ1n) is 6.33. The molecule has 0 spiro atoms. The second-order valence-electron chi connectivity index (χ2n) is 4.67. The van der Waals surface area contributed by atoms with E-state index in [0.717, 1.165) is 26.6 Å². The number of nitrogens with one attached hydrogen (secondary N) is 1. The highest BCUT2D eigenvalue weighted by molar-refractivity contribution is 9.10. The Morgan fingerprint density at radius 1 is 1.10 bits per heavy atom. The Bertz CT molecular complexity index is 1020. The number of halogens is 1. The van der Waals surface area contributed by atoms with E-state index >= 15 is 0 Å². The van der Waals surface area contributed by atoms with Gasteiger partial charge in [0.15, 0.2) is 0 Å². The fourth-order valence-corrected chi connectivity index (χ4v) is 2.76. The van der Waals surface area contributed by atoms with Crippen molar-refractivity contribution in [2.24, 2.45) is 0 Å². The number of fused-ring (bicyclic) bond motifs is 3. The number of H-pyrrole nitrogens is 1. The minimum absolute atomic E-state index is 0.117. The maximum atomic E-state index is 12.5. The van der Waals surface area contributed by atoms with E-state index < -0.39 is 0 Å². The van der Waals surface area contributed by atoms with Gasteiger partial charge in [-0.15, -0.1) is 0 Å². The summed E-state index contributed by atoms with van der Waals surface area (Å²) < 4.78 is 2.47. The van der Waals surface area contributed by atoms with E-state index in [1.54, 1.807) is 30.7 Å². The SMILES string of the molecule is O=c1c2cnc3cc(Br)ccc3c2[nH]n1-c1ccncc1. The third kappa shape index (κ3) is 1.87. The topological polar surface area (TPSA) is 63.6 Å². The highest BCUT2D eigenvalue weighted by Crippen LogP contribution is 2.23. The second-order valence-corrected chi connectivity index (χ2v) is 5.58. The molecule has 21 heavy (non-hydrogen) atoms. The zero-order valence-corrected chi connectivity index (χ0v) is 12.3. The van der Waals surface area contributed by atoms with Crippen molar-refractivity contribution >= 4 is 37.7 Å². The largest absolute Gasteiger partial charge is 0.290 e. The molecule has 4 aromatic rings. The molecule has 0 saturated carbocycles. The normalized spacial score (nSPS) is 11.3. The fourth-order valence-electron chi connectivity index (χ4n) is 2.41. The first kappa shape index (κ1) is 12.3. The van der Waals surface area contributed by atoms with Gasteiger partial charge in [-0.1, -0.05) is 15.9 Å². The molecule has 3 aromatic heterocycles. The van der Waals surface area contributed by atoms with Gasteiger partial charge in [0, 0.05) is 28.4 Å². The molecule has 0 atom stereocenters. The van der Waals surface area contributed by atoms with Crippen molar-refractivity contribution < 1.29 is 0 Å². The number of nitrogens with zero attached hydrogens (tertiary/aromatic N) is 3. The van der Waals surface area contributed by atoms with Gasteiger partial charge in [0.1, 0.15) is 0 Å². The van der Waals surface area contributed by atoms with Crippen molar-refractivity contribution in [1.82, 2.24) is 19.7 Å². The second kappa shape index (κ2) is 4.53. The predicted octanol–water partition coefficient (Wildman–Crippen LogP) is 3.02. The fraction of sp³-hybridized carbons (Fsp3) is 0. The highest BCUT2D eigenvalue weighted by atomic mass is 79.9. The Hall–Kier alpha value is -2.47. The summed E-state index contributed by atoms with van der Waals surface area (Å²) in [5, 5.41) is 4.65. The minimum atomic E-state index is -0.117. The lowest BCUT2D eigenvalue weighted by molar-refractivity contribution is 0.862. The van der Waals surface area contributed by atoms with Gasteiger partial charge >= 0.3 is 0 Å². The monoisotopic (exact) mass is 340 g/mol. The molecular weight excluding hydrogens is 332 g/mol. The number of pyridine rings is 2. The van der Waals surface area contributed by atoms with Gasteiger partial charge in [-0.2, -0.15) is 0 Å². The van der Waals surface area contributed by atoms with E-state index in [2.05, 4.69) is 31.0 Å². The highest BCUT2D eigenvalue weighted by Gasteiger charge is 2.11. The molecule has 0 fully saturated rings. The van der Waals surface area contributed by atoms with Crippen LogP contribution >= 0.6 is 15.9 Å². The van der Waals surface area contributed by atoms with Crippen LogP contribution in [0.1, 0.15) is 0 Å². The van der Waals surface area contributed by atoms with Crippen LogP contribution in [0.2, 0.25) is 0 Å². The van der Waals surface area contributed by atoms with Crippen LogP contribution < -0.4 is 5.56 Å². The first-order valence-corrected chi connectivity index (χ1v) is 7.13. The van der Waals surface area contributed by atoms with E-state index in [1.807, 2.05) is 18.2 Å². The lowest BCUT2D eigenvalue weighted by Gasteiger charge is -2.00. The number of benzene rings is 1. The molecule has 6 heteroatoms. The molecule has 0 bridgehead atoms. The molecule has 1 N–H and O–H groups in total. The molecular formula is C15H9BrN4O. The van der Waals surface area contributed by atoms with Gasteiger partial charge in [0.2, 0.25) is 0 Å². The van der Waals surface area contributed by atoms with Crippen LogP contribution in [0.25, 0.3) is 27.5 Å². The summed E-state index contributed by atoms with van der Waals surface area (Å²) in [5.41, 5.74) is 2.25. The number of aromatic amines is 1. The Morgan fingerprint density at radius 2 is 1.90 bits per heavy atom. The van der Waals surface area contributed by atoms with E-state index in [-0.39, 0.29) is 5.56 Å². The summed E-state index contributed by atoms with van der Waals surface area (Å²) in [4.78, 5) is 20.8. The Kier molecular flexibility index (Phi) is 2.65. The first-order chi connectivity index (χ1) is 10.2. The average molecular weight is 341 g/mol. The maximum Gasteiger partial charge on any atom is 0.280 e. The van der Waals surface area contributed by atoms with E-state index in [9.17, 15) is 4.79 Å². The van der Waals surface area contributed by atoms with Crippen LogP contribution in [0.4, 0.5) is 0 Å². The Morgan fingerprint density at radius 3 is 2.71 bits per heavy atom. The molecule has 0 unspecified atom stereocenters. The van der Waals surface area contributed by atoms with Crippen LogP contribution in [0.15, 0.2) is 58.2 Å². The molecule has 0 aliphatic rings. The van der Waals surface area contributed by atoms with Crippen LogP contribution in [0.3, 0.4) is 0 Å². The molecule has 0 aliphatic heterocycles. The number of aromatic nitrogens is 4. The zero-order valence-electron chi connectivity index (χ0n) is 10.7. The number of hydrogen-bond acceptors (Lipinski definition) is 3. The summed E-state index contributed by atoms with van der Waals surface area (Å²) in [6.45, 7) is 0. The Labute approximate surface area is 127 Å². The Balaban J connectivity index is 2.11. The third-order valence-corrected chi connectivity index (χ3v) is 3.90. The number of rotatable bonds is 1. The van der Waals surface area contributed by atoms with E-state index in [4.69, 9.17) is 0 Å². The van der Waals surface area contributed by atoms with Gasteiger partial charge < -0.3 is 0 Å². The van der Waals surface area contributed by atoms with Crippen LogP contribution in [-0.4, -0.2) is 19.7 Å². The lowest BCUT2D eigenvalue weighted by Crippen LogP contribution is -2.14. The molecule has 0 aliphatic carbocycles. The lowest BCUT2D eigenvalue weighted by atomic mass is 10.2. The van der Waals surface area contributed by atoms with Crippen molar-refractivity contribution in [2.75, 3.05) is 0 Å². The maximum absolute atomic E-state index is 12.5. The van der Waals surface area contributed by atoms with Crippen molar-refractivity contribution in [3.63, 3.8) is 0 Å². The van der Waals surface area contributed by atoms with Gasteiger partial charge in [-0.3, -0.25) is 19.9 Å². The minimum Gasteiger partial charge on any atom is -0.290 e. The smallest absolute Gasteiger partial charge is 0.280 e. The molecule has 102 valence electrons. The van der Waals surface area contributed by atoms with E-state index in [1.165, 1.54) is 4.68 Å². The van der Waals surface area contributed by atoms with Crippen LogP contribution in [-0.2, 0) is 0 Å². The summed E-state index contributed by atoms with van der Waals surface area (Å²) in [5.74, 6) is 0. The van der Waals surface area contributed by atoms with Crippen molar-refractivity contribution in [3.05, 3.63) is 63.7 Å². The standard InChI is InChI=1S/C15H9BrN4O/c16-9-1-2-11-13(7-9)18-8-12-14(11)19-20(15(12)21)10-3-5-17-6-4-10/h1-8,19H. The van der Waals surface area contributed by atoms with E-state index in [0.29, 0.717) is 5.39 Å². The average Bonchev–Trinajstić information content (AvgIpc) is 2.85. The summed E-state index contributed by atoms with van der Waals surface area (Å²) >= 11 is 3.43. The third-order valence-electron chi connectivity index (χ3n) is 3.41. The molecule has 1 aromatic carbocycles. The summed E-state index contributed by atoms with van der Waals surface area (Å²) in [6, 6.07) is 9.37. The summed E-state index contributed by atoms with van der Waals surface area (Å²) in [6.07, 6.45) is 4.92. The molecule has 3 heterocycles. The van der Waals surface area contributed by atoms with Crippen LogP contribution in [0.5, 0.6) is 0 Å². The predicted molar refractivity (Wildman–Crippen MR) is 84.7 cm³/mol. The molecule has 0 radical (unpaired) electrons. The molecule has 4 rings (SSSR count).